The van der Waals surface area contributed by atoms with Crippen LogP contribution in [0.2, 0.25) is 5.02 Å². The van der Waals surface area contributed by atoms with Crippen LogP contribution in [0.25, 0.3) is 11.4 Å². The van der Waals surface area contributed by atoms with Crippen LogP contribution in [0.3, 0.4) is 0 Å². The molecule has 0 saturated heterocycles. The maximum absolute atomic E-state index is 13.6. The number of benzene rings is 2. The predicted molar refractivity (Wildman–Crippen MR) is 136 cm³/mol. The topological polar surface area (TPSA) is 76.5 Å². The molecular weight excluding hydrogens is 452 g/mol. The molecule has 1 aliphatic carbocycles. The Morgan fingerprint density at radius 1 is 1.26 bits per heavy atom. The van der Waals surface area contributed by atoms with Gasteiger partial charge in [0.1, 0.15) is 17.6 Å². The summed E-state index contributed by atoms with van der Waals surface area (Å²) in [5.41, 5.74) is 4.53. The van der Waals surface area contributed by atoms with E-state index in [1.165, 1.54) is 6.92 Å². The minimum atomic E-state index is -0.406. The number of anilines is 2. The first-order valence-electron chi connectivity index (χ1n) is 11.3. The van der Waals surface area contributed by atoms with E-state index in [9.17, 15) is 9.59 Å². The van der Waals surface area contributed by atoms with Crippen molar-refractivity contribution in [2.45, 2.75) is 45.9 Å². The van der Waals surface area contributed by atoms with Crippen molar-refractivity contribution in [2.24, 2.45) is 0 Å². The number of hydrogen-bond donors (Lipinski definition) is 1. The van der Waals surface area contributed by atoms with Crippen LogP contribution in [-0.4, -0.2) is 35.7 Å². The lowest BCUT2D eigenvalue weighted by Gasteiger charge is -2.24. The summed E-state index contributed by atoms with van der Waals surface area (Å²) in [4.78, 5) is 32.1. The number of aromatic nitrogens is 2. The smallest absolute Gasteiger partial charge is 0.302 e. The number of ether oxygens (including phenoxy) is 1. The van der Waals surface area contributed by atoms with Gasteiger partial charge in [-0.3, -0.25) is 14.2 Å². The fraction of sp³-hybridized carbons (Fsp3) is 0.346. The molecule has 0 amide bonds. The van der Waals surface area contributed by atoms with Gasteiger partial charge in [-0.05, 0) is 43.2 Å². The summed E-state index contributed by atoms with van der Waals surface area (Å²) in [5.74, 6) is 0.172. The van der Waals surface area contributed by atoms with Gasteiger partial charge in [0.25, 0.3) is 5.56 Å². The number of hydrogen-bond acceptors (Lipinski definition) is 6. The second-order valence-corrected chi connectivity index (χ2v) is 9.08. The second-order valence-electron chi connectivity index (χ2n) is 8.68. The molecule has 7 nitrogen and oxygen atoms in total. The Hall–Kier alpha value is -3.32. The van der Waals surface area contributed by atoms with E-state index in [4.69, 9.17) is 21.3 Å². The van der Waals surface area contributed by atoms with Gasteiger partial charge in [-0.1, -0.05) is 35.9 Å². The van der Waals surface area contributed by atoms with Gasteiger partial charge in [-0.15, -0.1) is 0 Å². The highest BCUT2D eigenvalue weighted by atomic mass is 35.5. The van der Waals surface area contributed by atoms with Gasteiger partial charge in [-0.25, -0.2) is 4.98 Å². The summed E-state index contributed by atoms with van der Waals surface area (Å²) in [6.45, 7) is 5.53. The molecule has 4 rings (SSSR count). The zero-order valence-electron chi connectivity index (χ0n) is 20.1. The molecule has 3 aromatic rings. The molecule has 178 valence electrons. The molecule has 1 aromatic heterocycles. The van der Waals surface area contributed by atoms with Crippen LogP contribution in [0.1, 0.15) is 36.7 Å². The van der Waals surface area contributed by atoms with Crippen LogP contribution in [0.5, 0.6) is 0 Å². The van der Waals surface area contributed by atoms with E-state index in [1.807, 2.05) is 68.4 Å². The van der Waals surface area contributed by atoms with Crippen molar-refractivity contribution in [3.8, 4) is 11.4 Å². The molecule has 0 bridgehead atoms. The molecule has 0 spiro atoms. The molecule has 1 heterocycles. The predicted octanol–water partition coefficient (Wildman–Crippen LogP) is 4.60. The monoisotopic (exact) mass is 480 g/mol. The van der Waals surface area contributed by atoms with Crippen molar-refractivity contribution in [2.75, 3.05) is 24.3 Å². The first kappa shape index (κ1) is 23.8. The Morgan fingerprint density at radius 2 is 2.00 bits per heavy atom. The minimum absolute atomic E-state index is 0.191. The van der Waals surface area contributed by atoms with Crippen LogP contribution in [0.15, 0.2) is 47.3 Å². The summed E-state index contributed by atoms with van der Waals surface area (Å²) in [7, 11) is 3.89. The molecule has 8 heteroatoms. The minimum Gasteiger partial charge on any atom is -0.460 e. The largest absolute Gasteiger partial charge is 0.460 e. The quantitative estimate of drug-likeness (QED) is 0.520. The lowest BCUT2D eigenvalue weighted by Crippen LogP contribution is -2.32. The Morgan fingerprint density at radius 3 is 2.65 bits per heavy atom. The Labute approximate surface area is 204 Å². The number of nitrogens with zero attached hydrogens (tertiary/aromatic N) is 3. The van der Waals surface area contributed by atoms with E-state index in [-0.39, 0.29) is 17.6 Å². The van der Waals surface area contributed by atoms with E-state index in [2.05, 4.69) is 5.32 Å². The summed E-state index contributed by atoms with van der Waals surface area (Å²) in [6.07, 6.45) is 0.185. The molecule has 0 radical (unpaired) electrons. The van der Waals surface area contributed by atoms with Crippen molar-refractivity contribution >= 4 is 28.9 Å². The molecule has 2 atom stereocenters. The van der Waals surface area contributed by atoms with Gasteiger partial charge in [-0.2, -0.15) is 0 Å². The van der Waals surface area contributed by atoms with E-state index in [0.29, 0.717) is 40.8 Å². The van der Waals surface area contributed by atoms with Crippen molar-refractivity contribution in [3.63, 3.8) is 0 Å². The lowest BCUT2D eigenvalue weighted by atomic mass is 10.1. The fourth-order valence-electron chi connectivity index (χ4n) is 4.50. The van der Waals surface area contributed by atoms with Gasteiger partial charge in [0.05, 0.1) is 16.8 Å². The van der Waals surface area contributed by atoms with E-state index < -0.39 is 6.10 Å². The van der Waals surface area contributed by atoms with E-state index >= 15 is 0 Å². The highest BCUT2D eigenvalue weighted by molar-refractivity contribution is 6.33. The van der Waals surface area contributed by atoms with Gasteiger partial charge in [0, 0.05) is 45.2 Å². The standard InChI is InChI=1S/C26H29ClN4O3/c1-6-31-25(20-12-11-18(30(4)5)14-21(20)27)28-15(2)23(26(31)33)29-24-19-10-8-7-9-17(19)13-22(24)34-16(3)32/h7-12,14,22,24,29H,6,13H2,1-5H3. The number of carbonyl (C=O) groups excluding carboxylic acids is 1. The summed E-state index contributed by atoms with van der Waals surface area (Å²) in [5, 5.41) is 3.90. The molecule has 2 unspecified atom stereocenters. The van der Waals surface area contributed by atoms with E-state index in [1.54, 1.807) is 11.5 Å². The molecule has 2 aromatic carbocycles. The van der Waals surface area contributed by atoms with Crippen molar-refractivity contribution in [3.05, 3.63) is 74.7 Å². The summed E-state index contributed by atoms with van der Waals surface area (Å²) >= 11 is 6.60. The normalized spacial score (nSPS) is 16.8. The van der Waals surface area contributed by atoms with Crippen LogP contribution in [-0.2, 0) is 22.5 Å². The van der Waals surface area contributed by atoms with Gasteiger partial charge < -0.3 is 15.0 Å². The Kier molecular flexibility index (Phi) is 6.66. The molecular formula is C26H29ClN4O3. The number of halogens is 1. The zero-order chi connectivity index (χ0) is 24.6. The third-order valence-electron chi connectivity index (χ3n) is 6.18. The molecule has 1 aliphatic rings. The van der Waals surface area contributed by atoms with E-state index in [0.717, 1.165) is 16.8 Å². The number of fused-ring (bicyclic) bond motifs is 1. The number of carbonyl (C=O) groups is 1. The Balaban J connectivity index is 1.77. The second kappa shape index (κ2) is 9.50. The maximum atomic E-state index is 13.6. The first-order valence-corrected chi connectivity index (χ1v) is 11.7. The Bertz CT molecular complexity index is 1300. The molecule has 0 saturated carbocycles. The number of aryl methyl sites for hydroxylation is 1. The average molecular weight is 481 g/mol. The number of nitrogens with one attached hydrogen (secondary N) is 1. The number of rotatable bonds is 6. The first-order chi connectivity index (χ1) is 16.2. The maximum Gasteiger partial charge on any atom is 0.302 e. The van der Waals surface area contributed by atoms with Crippen molar-refractivity contribution < 1.29 is 9.53 Å². The molecule has 1 N–H and O–H groups in total. The van der Waals surface area contributed by atoms with Crippen molar-refractivity contribution in [1.82, 2.24) is 9.55 Å². The third kappa shape index (κ3) is 4.40. The average Bonchev–Trinajstić information content (AvgIpc) is 3.12. The third-order valence-corrected chi connectivity index (χ3v) is 6.49. The van der Waals surface area contributed by atoms with Gasteiger partial charge >= 0.3 is 5.97 Å². The SMILES string of the molecule is CCn1c(-c2ccc(N(C)C)cc2Cl)nc(C)c(NC2c3ccccc3CC2OC(C)=O)c1=O. The fourth-order valence-corrected chi connectivity index (χ4v) is 4.76. The highest BCUT2D eigenvalue weighted by Crippen LogP contribution is 2.36. The molecule has 0 aliphatic heterocycles. The molecule has 34 heavy (non-hydrogen) atoms. The van der Waals surface area contributed by atoms with Crippen LogP contribution in [0, 0.1) is 6.92 Å². The van der Waals surface area contributed by atoms with Crippen molar-refractivity contribution in [1.29, 1.82) is 0 Å². The van der Waals surface area contributed by atoms with Crippen LogP contribution < -0.4 is 15.8 Å². The van der Waals surface area contributed by atoms with Crippen LogP contribution in [0.4, 0.5) is 11.4 Å². The van der Waals surface area contributed by atoms with Gasteiger partial charge in [0.15, 0.2) is 0 Å². The van der Waals surface area contributed by atoms with Gasteiger partial charge in [0.2, 0.25) is 0 Å². The highest BCUT2D eigenvalue weighted by Gasteiger charge is 2.35. The lowest BCUT2D eigenvalue weighted by molar-refractivity contribution is -0.146. The summed E-state index contributed by atoms with van der Waals surface area (Å²) < 4.78 is 7.22. The number of esters is 1. The molecule has 0 fully saturated rings. The zero-order valence-corrected chi connectivity index (χ0v) is 20.8. The van der Waals surface area contributed by atoms with Crippen LogP contribution >= 0.6 is 11.6 Å². The summed E-state index contributed by atoms with van der Waals surface area (Å²) in [6, 6.07) is 13.3.